The second kappa shape index (κ2) is 6.15. The van der Waals surface area contributed by atoms with E-state index >= 15 is 0 Å². The Kier molecular flexibility index (Phi) is 4.31. The molecule has 20 heavy (non-hydrogen) atoms. The van der Waals surface area contributed by atoms with Gasteiger partial charge in [0.15, 0.2) is 0 Å². The van der Waals surface area contributed by atoms with Crippen LogP contribution in [-0.2, 0) is 0 Å². The van der Waals surface area contributed by atoms with Crippen LogP contribution < -0.4 is 5.32 Å². The minimum absolute atomic E-state index is 0.0668. The van der Waals surface area contributed by atoms with Crippen LogP contribution in [0.25, 0.3) is 0 Å². The van der Waals surface area contributed by atoms with Crippen molar-refractivity contribution >= 4 is 29.3 Å². The molecular formula is C11H11N5O3S. The molecule has 1 aromatic heterocycles. The van der Waals surface area contributed by atoms with Crippen LogP contribution in [-0.4, -0.2) is 31.8 Å². The first kappa shape index (κ1) is 14.0. The van der Waals surface area contributed by atoms with Crippen LogP contribution in [0.5, 0.6) is 0 Å². The first-order valence-electron chi connectivity index (χ1n) is 5.71. The number of anilines is 1. The average molecular weight is 293 g/mol. The van der Waals surface area contributed by atoms with Gasteiger partial charge < -0.3 is 0 Å². The molecule has 0 atom stereocenters. The van der Waals surface area contributed by atoms with Crippen LogP contribution >= 0.6 is 11.8 Å². The van der Waals surface area contributed by atoms with E-state index in [2.05, 4.69) is 20.5 Å². The van der Waals surface area contributed by atoms with Crippen molar-refractivity contribution in [3.63, 3.8) is 0 Å². The summed E-state index contributed by atoms with van der Waals surface area (Å²) < 4.78 is 0. The Labute approximate surface area is 118 Å². The lowest BCUT2D eigenvalue weighted by atomic mass is 10.2. The number of carbonyl (C=O) groups excluding carboxylic acids is 1. The fourth-order valence-electron chi connectivity index (χ4n) is 1.41. The number of H-pyrrole nitrogens is 1. The number of nitro groups is 1. The molecule has 0 aliphatic heterocycles. The van der Waals surface area contributed by atoms with Gasteiger partial charge in [0.1, 0.15) is 0 Å². The number of aromatic amines is 1. The van der Waals surface area contributed by atoms with Gasteiger partial charge in [-0.2, -0.15) is 4.98 Å². The lowest BCUT2D eigenvalue weighted by Gasteiger charge is -2.00. The van der Waals surface area contributed by atoms with E-state index < -0.39 is 10.8 Å². The second-order valence-corrected chi connectivity index (χ2v) is 4.89. The third kappa shape index (κ3) is 3.32. The Morgan fingerprint density at radius 3 is 2.75 bits per heavy atom. The zero-order valence-corrected chi connectivity index (χ0v) is 11.3. The maximum atomic E-state index is 11.9. The van der Waals surface area contributed by atoms with Gasteiger partial charge in [-0.05, 0) is 17.9 Å². The summed E-state index contributed by atoms with van der Waals surface area (Å²) >= 11 is 1.44. The molecule has 8 nitrogen and oxygen atoms in total. The first-order chi connectivity index (χ1) is 9.60. The highest BCUT2D eigenvalue weighted by atomic mass is 32.2. The topological polar surface area (TPSA) is 114 Å². The zero-order chi connectivity index (χ0) is 14.5. The van der Waals surface area contributed by atoms with E-state index in [1.54, 1.807) is 0 Å². The molecule has 0 unspecified atom stereocenters. The molecule has 0 radical (unpaired) electrons. The van der Waals surface area contributed by atoms with Crippen LogP contribution in [0.4, 0.5) is 11.6 Å². The summed E-state index contributed by atoms with van der Waals surface area (Å²) in [6.45, 7) is 1.97. The fourth-order valence-corrected chi connectivity index (χ4v) is 1.93. The molecule has 0 spiro atoms. The van der Waals surface area contributed by atoms with Crippen molar-refractivity contribution in [3.05, 3.63) is 39.9 Å². The molecule has 0 bridgehead atoms. The number of hydrogen-bond acceptors (Lipinski definition) is 6. The number of benzene rings is 1. The Bertz CT molecular complexity index is 625. The molecule has 0 aliphatic carbocycles. The van der Waals surface area contributed by atoms with Gasteiger partial charge in [-0.1, -0.05) is 18.7 Å². The van der Waals surface area contributed by atoms with Crippen molar-refractivity contribution in [2.24, 2.45) is 0 Å². The number of thioether (sulfide) groups is 1. The normalized spacial score (nSPS) is 10.2. The monoisotopic (exact) mass is 293 g/mol. The van der Waals surface area contributed by atoms with Gasteiger partial charge in [-0.3, -0.25) is 20.2 Å². The smallest absolute Gasteiger partial charge is 0.269 e. The van der Waals surface area contributed by atoms with E-state index in [1.165, 1.54) is 36.0 Å². The average Bonchev–Trinajstić information content (AvgIpc) is 2.86. The summed E-state index contributed by atoms with van der Waals surface area (Å²) in [5.74, 6) is 0.654. The summed E-state index contributed by atoms with van der Waals surface area (Å²) in [4.78, 5) is 25.9. The largest absolute Gasteiger partial charge is 0.291 e. The molecule has 0 fully saturated rings. The Hall–Kier alpha value is -2.42. The number of hydrogen-bond donors (Lipinski definition) is 2. The van der Waals surface area contributed by atoms with Crippen molar-refractivity contribution < 1.29 is 9.72 Å². The van der Waals surface area contributed by atoms with Gasteiger partial charge >= 0.3 is 0 Å². The number of nitrogens with zero attached hydrogens (tertiary/aromatic N) is 3. The minimum Gasteiger partial charge on any atom is -0.291 e. The van der Waals surface area contributed by atoms with E-state index in [1.807, 2.05) is 6.92 Å². The van der Waals surface area contributed by atoms with Crippen molar-refractivity contribution in [3.8, 4) is 0 Å². The molecule has 2 N–H and O–H groups in total. The Morgan fingerprint density at radius 1 is 1.45 bits per heavy atom. The molecule has 2 aromatic rings. The summed E-state index contributed by atoms with van der Waals surface area (Å²) in [5.41, 5.74) is 0.236. The van der Waals surface area contributed by atoms with Crippen molar-refractivity contribution in [2.45, 2.75) is 12.1 Å². The molecule has 1 aromatic carbocycles. The fraction of sp³-hybridized carbons (Fsp3) is 0.182. The third-order valence-corrected chi connectivity index (χ3v) is 3.04. The van der Waals surface area contributed by atoms with E-state index in [-0.39, 0.29) is 11.6 Å². The summed E-state index contributed by atoms with van der Waals surface area (Å²) in [6, 6.07) is 5.30. The van der Waals surface area contributed by atoms with Gasteiger partial charge in [-0.15, -0.1) is 5.10 Å². The quantitative estimate of drug-likeness (QED) is 0.495. The standard InChI is InChI=1S/C11H11N5O3S/c1-2-20-11-13-10(14-15-11)12-9(17)7-3-5-8(6-4-7)16(18)19/h3-6H,2H2,1H3,(H2,12,13,14,15,17). The van der Waals surface area contributed by atoms with Crippen molar-refractivity contribution in [1.82, 2.24) is 15.2 Å². The number of aromatic nitrogens is 3. The van der Waals surface area contributed by atoms with Gasteiger partial charge in [0.2, 0.25) is 11.1 Å². The summed E-state index contributed by atoms with van der Waals surface area (Å²) in [5, 5.41) is 20.1. The number of carbonyl (C=O) groups is 1. The molecule has 9 heteroatoms. The maximum absolute atomic E-state index is 11.9. The van der Waals surface area contributed by atoms with Crippen LogP contribution in [0.1, 0.15) is 17.3 Å². The molecule has 0 saturated heterocycles. The van der Waals surface area contributed by atoms with E-state index in [9.17, 15) is 14.9 Å². The van der Waals surface area contributed by atoms with Gasteiger partial charge in [0.25, 0.3) is 11.6 Å². The lowest BCUT2D eigenvalue weighted by molar-refractivity contribution is -0.384. The lowest BCUT2D eigenvalue weighted by Crippen LogP contribution is -2.12. The van der Waals surface area contributed by atoms with Crippen molar-refractivity contribution in [1.29, 1.82) is 0 Å². The predicted octanol–water partition coefficient (Wildman–Crippen LogP) is 2.08. The molecule has 1 heterocycles. The molecule has 104 valence electrons. The molecule has 1 amide bonds. The summed E-state index contributed by atoms with van der Waals surface area (Å²) in [7, 11) is 0. The van der Waals surface area contributed by atoms with E-state index in [0.29, 0.717) is 10.7 Å². The third-order valence-electron chi connectivity index (χ3n) is 2.31. The Morgan fingerprint density at radius 2 is 2.15 bits per heavy atom. The minimum atomic E-state index is -0.521. The number of amides is 1. The van der Waals surface area contributed by atoms with E-state index in [0.717, 1.165) is 5.75 Å². The van der Waals surface area contributed by atoms with Gasteiger partial charge in [-0.25, -0.2) is 5.10 Å². The number of nitro benzene ring substituents is 1. The number of nitrogens with one attached hydrogen (secondary N) is 2. The molecule has 2 rings (SSSR count). The van der Waals surface area contributed by atoms with E-state index in [4.69, 9.17) is 0 Å². The zero-order valence-electron chi connectivity index (χ0n) is 10.5. The highest BCUT2D eigenvalue weighted by Gasteiger charge is 2.11. The highest BCUT2D eigenvalue weighted by molar-refractivity contribution is 7.99. The second-order valence-electron chi connectivity index (χ2n) is 3.66. The van der Waals surface area contributed by atoms with Gasteiger partial charge in [0, 0.05) is 17.7 Å². The molecular weight excluding hydrogens is 282 g/mol. The van der Waals surface area contributed by atoms with Crippen LogP contribution in [0.3, 0.4) is 0 Å². The van der Waals surface area contributed by atoms with Crippen LogP contribution in [0.15, 0.2) is 29.4 Å². The van der Waals surface area contributed by atoms with Crippen LogP contribution in [0.2, 0.25) is 0 Å². The predicted molar refractivity (Wildman–Crippen MR) is 73.8 cm³/mol. The number of non-ortho nitro benzene ring substituents is 1. The van der Waals surface area contributed by atoms with Crippen LogP contribution in [0, 0.1) is 10.1 Å². The first-order valence-corrected chi connectivity index (χ1v) is 6.69. The SMILES string of the molecule is CCSc1n[nH]c(NC(=O)c2ccc([N+](=O)[O-])cc2)n1. The van der Waals surface area contributed by atoms with Crippen molar-refractivity contribution in [2.75, 3.05) is 11.1 Å². The Balaban J connectivity index is 2.05. The maximum Gasteiger partial charge on any atom is 0.269 e. The number of rotatable bonds is 5. The molecule has 0 aliphatic rings. The molecule has 0 saturated carbocycles. The highest BCUT2D eigenvalue weighted by Crippen LogP contribution is 2.15. The van der Waals surface area contributed by atoms with Gasteiger partial charge in [0.05, 0.1) is 4.92 Å². The summed E-state index contributed by atoms with van der Waals surface area (Å²) in [6.07, 6.45) is 0.